The number of nitrogens with two attached hydrogens (primary N) is 1. The van der Waals surface area contributed by atoms with Crippen molar-refractivity contribution in [3.05, 3.63) is 86.7 Å². The monoisotopic (exact) mass is 482 g/mol. The Balaban J connectivity index is 1.81. The Kier molecular flexibility index (Phi) is 7.14. The molecule has 0 amide bonds. The van der Waals surface area contributed by atoms with E-state index in [0.29, 0.717) is 17.7 Å². The summed E-state index contributed by atoms with van der Waals surface area (Å²) in [6.45, 7) is 11.6. The van der Waals surface area contributed by atoms with Crippen LogP contribution in [0.5, 0.6) is 0 Å². The zero-order chi connectivity index (χ0) is 25.4. The van der Waals surface area contributed by atoms with Crippen molar-refractivity contribution in [2.45, 2.75) is 59.6 Å². The molecule has 2 N–H and O–H groups in total. The molecule has 0 aliphatic rings. The number of sulfonamides is 1. The summed E-state index contributed by atoms with van der Waals surface area (Å²) in [4.78, 5) is 25.1. The Bertz CT molecular complexity index is 1380. The van der Waals surface area contributed by atoms with E-state index in [1.54, 1.807) is 18.2 Å². The van der Waals surface area contributed by atoms with E-state index >= 15 is 0 Å². The molecule has 0 fully saturated rings. The molecule has 1 heterocycles. The highest BCUT2D eigenvalue weighted by Gasteiger charge is 2.20. The first kappa shape index (κ1) is 25.4. The molecule has 0 saturated heterocycles. The first-order chi connectivity index (χ1) is 15.8. The number of benzene rings is 2. The first-order valence-corrected chi connectivity index (χ1v) is 12.4. The number of aromatic nitrogens is 1. The number of ketones is 1. The number of esters is 1. The van der Waals surface area contributed by atoms with Crippen molar-refractivity contribution in [2.24, 2.45) is 5.14 Å². The van der Waals surface area contributed by atoms with Gasteiger partial charge in [0.05, 0.1) is 10.5 Å². The first-order valence-electron chi connectivity index (χ1n) is 10.9. The summed E-state index contributed by atoms with van der Waals surface area (Å²) in [5.41, 5.74) is 7.20. The average molecular weight is 483 g/mol. The Labute approximate surface area is 200 Å². The largest absolute Gasteiger partial charge is 0.457 e. The fourth-order valence-electron chi connectivity index (χ4n) is 4.42. The Morgan fingerprint density at radius 2 is 1.59 bits per heavy atom. The van der Waals surface area contributed by atoms with Crippen molar-refractivity contribution in [2.75, 3.05) is 0 Å². The van der Waals surface area contributed by atoms with Crippen molar-refractivity contribution < 1.29 is 22.7 Å². The second kappa shape index (κ2) is 9.56. The van der Waals surface area contributed by atoms with Gasteiger partial charge in [0.2, 0.25) is 10.0 Å². The van der Waals surface area contributed by atoms with Crippen LogP contribution >= 0.6 is 0 Å². The summed E-state index contributed by atoms with van der Waals surface area (Å²) >= 11 is 0. The number of rotatable bonds is 7. The maximum Gasteiger partial charge on any atom is 0.340 e. The number of ether oxygens (including phenoxy) is 1. The lowest BCUT2D eigenvalue weighted by atomic mass is 9.92. The smallest absolute Gasteiger partial charge is 0.340 e. The molecular weight excluding hydrogens is 452 g/mol. The lowest BCUT2D eigenvalue weighted by molar-refractivity contribution is 0.0470. The van der Waals surface area contributed by atoms with Gasteiger partial charge in [0, 0.05) is 23.5 Å². The van der Waals surface area contributed by atoms with Gasteiger partial charge >= 0.3 is 5.97 Å². The highest BCUT2D eigenvalue weighted by atomic mass is 32.2. The number of carbonyl (C=O) groups is 2. The van der Waals surface area contributed by atoms with Crippen LogP contribution in [0.25, 0.3) is 0 Å². The maximum atomic E-state index is 12.9. The molecule has 0 saturated carbocycles. The number of primary sulfonamides is 1. The van der Waals surface area contributed by atoms with Gasteiger partial charge in [-0.25, -0.2) is 18.4 Å². The number of Topliss-reactive ketones (excluding diaryl/α,β-unsaturated/α-hetero) is 1. The Morgan fingerprint density at radius 3 is 2.15 bits per heavy atom. The summed E-state index contributed by atoms with van der Waals surface area (Å²) < 4.78 is 30.6. The normalized spacial score (nSPS) is 11.5. The molecular formula is C26H30N2O5S. The number of hydrogen-bond acceptors (Lipinski definition) is 5. The van der Waals surface area contributed by atoms with Crippen LogP contribution in [0.15, 0.2) is 41.3 Å². The molecule has 3 rings (SSSR count). The van der Waals surface area contributed by atoms with Crippen molar-refractivity contribution >= 4 is 21.8 Å². The summed E-state index contributed by atoms with van der Waals surface area (Å²) in [7, 11) is -3.75. The van der Waals surface area contributed by atoms with Crippen molar-refractivity contribution in [1.29, 1.82) is 0 Å². The zero-order valence-corrected chi connectivity index (χ0v) is 21.2. The highest BCUT2D eigenvalue weighted by molar-refractivity contribution is 7.89. The van der Waals surface area contributed by atoms with Crippen LogP contribution < -0.4 is 5.14 Å². The van der Waals surface area contributed by atoms with E-state index in [2.05, 4.69) is 0 Å². The van der Waals surface area contributed by atoms with E-state index in [9.17, 15) is 18.0 Å². The van der Waals surface area contributed by atoms with Crippen LogP contribution in [0, 0.1) is 34.6 Å². The molecule has 3 aromatic rings. The second-order valence-corrected chi connectivity index (χ2v) is 10.2. The third kappa shape index (κ3) is 5.13. The molecule has 0 atom stereocenters. The van der Waals surface area contributed by atoms with Crippen LogP contribution in [-0.2, 0) is 27.9 Å². The van der Waals surface area contributed by atoms with E-state index in [-0.39, 0.29) is 17.3 Å². The standard InChI is InChI=1S/C26H30N2O5S/c1-15-11-16(2)25(20(6)29)18(4)24(15)14-33-26(30)23-12-17(3)28(19(23)5)13-21-7-9-22(10-8-21)34(27,31)32/h7-12H,13-14H2,1-6H3,(H2,27,31,32). The van der Waals surface area contributed by atoms with E-state index in [1.165, 1.54) is 19.1 Å². The van der Waals surface area contributed by atoms with Gasteiger partial charge in [0.25, 0.3) is 0 Å². The predicted octanol–water partition coefficient (Wildman–Crippen LogP) is 4.29. The molecule has 0 aliphatic heterocycles. The SMILES string of the molecule is CC(=O)c1c(C)cc(C)c(COC(=O)c2cc(C)n(Cc3ccc(S(N)(=O)=O)cc3)c2C)c1C. The van der Waals surface area contributed by atoms with Gasteiger partial charge in [0.1, 0.15) is 6.61 Å². The molecule has 34 heavy (non-hydrogen) atoms. The number of carbonyl (C=O) groups excluding carboxylic acids is 2. The molecule has 0 spiro atoms. The highest BCUT2D eigenvalue weighted by Crippen LogP contribution is 2.25. The molecule has 0 radical (unpaired) electrons. The van der Waals surface area contributed by atoms with Gasteiger partial charge in [-0.3, -0.25) is 4.79 Å². The Hall–Kier alpha value is -3.23. The third-order valence-electron chi connectivity index (χ3n) is 6.22. The van der Waals surface area contributed by atoms with E-state index in [1.807, 2.05) is 45.3 Å². The topological polar surface area (TPSA) is 108 Å². The van der Waals surface area contributed by atoms with Crippen LogP contribution in [0.2, 0.25) is 0 Å². The fourth-order valence-corrected chi connectivity index (χ4v) is 4.94. The molecule has 8 heteroatoms. The summed E-state index contributed by atoms with van der Waals surface area (Å²) in [5.74, 6) is -0.448. The minimum atomic E-state index is -3.75. The van der Waals surface area contributed by atoms with Gasteiger partial charge in [0.15, 0.2) is 5.78 Å². The lowest BCUT2D eigenvalue weighted by Crippen LogP contribution is -2.12. The van der Waals surface area contributed by atoms with Crippen molar-refractivity contribution in [3.63, 3.8) is 0 Å². The number of nitrogens with zero attached hydrogens (tertiary/aromatic N) is 1. The van der Waals surface area contributed by atoms with Crippen LogP contribution in [0.1, 0.15) is 66.8 Å². The second-order valence-electron chi connectivity index (χ2n) is 8.68. The zero-order valence-electron chi connectivity index (χ0n) is 20.4. The summed E-state index contributed by atoms with van der Waals surface area (Å²) in [5, 5.41) is 5.16. The number of aryl methyl sites for hydroxylation is 3. The summed E-state index contributed by atoms with van der Waals surface area (Å²) in [6, 6.07) is 10.1. The van der Waals surface area contributed by atoms with E-state index in [0.717, 1.165) is 39.2 Å². The fraction of sp³-hybridized carbons (Fsp3) is 0.308. The van der Waals surface area contributed by atoms with Crippen LogP contribution in [-0.4, -0.2) is 24.7 Å². The van der Waals surface area contributed by atoms with Gasteiger partial charge in [-0.2, -0.15) is 0 Å². The average Bonchev–Trinajstić information content (AvgIpc) is 3.01. The maximum absolute atomic E-state index is 12.9. The molecule has 0 aliphatic carbocycles. The minimum absolute atomic E-state index is 0.0109. The van der Waals surface area contributed by atoms with E-state index < -0.39 is 16.0 Å². The van der Waals surface area contributed by atoms with Gasteiger partial charge in [-0.15, -0.1) is 0 Å². The predicted molar refractivity (Wildman–Crippen MR) is 131 cm³/mol. The van der Waals surface area contributed by atoms with Gasteiger partial charge in [-0.1, -0.05) is 18.2 Å². The number of hydrogen-bond donors (Lipinski definition) is 1. The molecule has 0 bridgehead atoms. The molecule has 7 nitrogen and oxygen atoms in total. The van der Waals surface area contributed by atoms with Gasteiger partial charge < -0.3 is 9.30 Å². The lowest BCUT2D eigenvalue weighted by Gasteiger charge is -2.16. The summed E-state index contributed by atoms with van der Waals surface area (Å²) in [6.07, 6.45) is 0. The minimum Gasteiger partial charge on any atom is -0.457 e. The van der Waals surface area contributed by atoms with Gasteiger partial charge in [-0.05, 0) is 87.6 Å². The van der Waals surface area contributed by atoms with Crippen molar-refractivity contribution in [1.82, 2.24) is 4.57 Å². The van der Waals surface area contributed by atoms with E-state index in [4.69, 9.17) is 9.88 Å². The van der Waals surface area contributed by atoms with Crippen molar-refractivity contribution in [3.8, 4) is 0 Å². The molecule has 1 aromatic heterocycles. The quantitative estimate of drug-likeness (QED) is 0.399. The molecule has 180 valence electrons. The third-order valence-corrected chi connectivity index (χ3v) is 7.15. The van der Waals surface area contributed by atoms with Crippen LogP contribution in [0.4, 0.5) is 0 Å². The Morgan fingerprint density at radius 1 is 0.971 bits per heavy atom. The molecule has 0 unspecified atom stereocenters. The molecule has 2 aromatic carbocycles. The van der Waals surface area contributed by atoms with Crippen LogP contribution in [0.3, 0.4) is 0 Å².